The minimum absolute atomic E-state index is 0.617. The lowest BCUT2D eigenvalue weighted by atomic mass is 9.83. The summed E-state index contributed by atoms with van der Waals surface area (Å²) in [4.78, 5) is 0. The van der Waals surface area contributed by atoms with E-state index in [1.807, 2.05) is 12.1 Å². The molecule has 0 bridgehead atoms. The highest BCUT2D eigenvalue weighted by molar-refractivity contribution is 5.48. The number of hydrogen-bond donors (Lipinski definition) is 1. The van der Waals surface area contributed by atoms with Crippen LogP contribution in [0.25, 0.3) is 0 Å². The number of aryl methyl sites for hydroxylation is 1. The molecule has 0 spiro atoms. The van der Waals surface area contributed by atoms with Crippen molar-refractivity contribution in [2.45, 2.75) is 25.2 Å². The van der Waals surface area contributed by atoms with Crippen molar-refractivity contribution < 1.29 is 4.74 Å². The van der Waals surface area contributed by atoms with Crippen molar-refractivity contribution in [3.63, 3.8) is 0 Å². The quantitative estimate of drug-likeness (QED) is 0.895. The summed E-state index contributed by atoms with van der Waals surface area (Å²) in [7, 11) is 1.70. The lowest BCUT2D eigenvalue weighted by Crippen LogP contribution is -2.18. The molecule has 1 aliphatic rings. The van der Waals surface area contributed by atoms with Crippen LogP contribution in [0.5, 0.6) is 5.75 Å². The molecule has 0 aromatic heterocycles. The standard InChI is InChI=1S/C18H21NO/c1-20-17-10-5-9-16(12-17)19-13-15-8-4-7-14-6-2-3-11-18(14)15/h2-3,5-6,9-12,15,19H,4,7-8,13H2,1H3. The Kier molecular flexibility index (Phi) is 3.91. The fourth-order valence-corrected chi connectivity index (χ4v) is 3.04. The first-order valence-electron chi connectivity index (χ1n) is 7.32. The average molecular weight is 267 g/mol. The van der Waals surface area contributed by atoms with Crippen molar-refractivity contribution in [2.24, 2.45) is 0 Å². The van der Waals surface area contributed by atoms with Crippen LogP contribution < -0.4 is 10.1 Å². The van der Waals surface area contributed by atoms with Crippen LogP contribution in [0.1, 0.15) is 29.9 Å². The van der Waals surface area contributed by atoms with Crippen LogP contribution in [0, 0.1) is 0 Å². The van der Waals surface area contributed by atoms with Crippen molar-refractivity contribution in [3.8, 4) is 5.75 Å². The Morgan fingerprint density at radius 2 is 2.05 bits per heavy atom. The Morgan fingerprint density at radius 3 is 2.95 bits per heavy atom. The first kappa shape index (κ1) is 13.0. The molecule has 1 aliphatic carbocycles. The van der Waals surface area contributed by atoms with E-state index in [0.717, 1.165) is 18.0 Å². The SMILES string of the molecule is COc1cccc(NCC2CCCc3ccccc32)c1. The Balaban J connectivity index is 1.70. The smallest absolute Gasteiger partial charge is 0.120 e. The second-order valence-corrected chi connectivity index (χ2v) is 5.40. The highest BCUT2D eigenvalue weighted by Crippen LogP contribution is 2.31. The number of rotatable bonds is 4. The first-order valence-corrected chi connectivity index (χ1v) is 7.32. The summed E-state index contributed by atoms with van der Waals surface area (Å²) < 4.78 is 5.26. The van der Waals surface area contributed by atoms with E-state index in [-0.39, 0.29) is 0 Å². The number of nitrogens with one attached hydrogen (secondary N) is 1. The van der Waals surface area contributed by atoms with Gasteiger partial charge >= 0.3 is 0 Å². The number of hydrogen-bond acceptors (Lipinski definition) is 2. The van der Waals surface area contributed by atoms with Crippen LogP contribution in [-0.2, 0) is 6.42 Å². The summed E-state index contributed by atoms with van der Waals surface area (Å²) >= 11 is 0. The van der Waals surface area contributed by atoms with Gasteiger partial charge in [0.05, 0.1) is 7.11 Å². The molecule has 1 N–H and O–H groups in total. The molecular weight excluding hydrogens is 246 g/mol. The van der Waals surface area contributed by atoms with Crippen molar-refractivity contribution in [1.29, 1.82) is 0 Å². The van der Waals surface area contributed by atoms with Gasteiger partial charge in [0, 0.05) is 24.2 Å². The lowest BCUT2D eigenvalue weighted by molar-refractivity contribution is 0.415. The highest BCUT2D eigenvalue weighted by atomic mass is 16.5. The van der Waals surface area contributed by atoms with Gasteiger partial charge in [-0.05, 0) is 42.5 Å². The number of anilines is 1. The predicted octanol–water partition coefficient (Wildman–Crippen LogP) is 4.23. The normalized spacial score (nSPS) is 17.4. The summed E-state index contributed by atoms with van der Waals surface area (Å²) in [5, 5.41) is 3.55. The van der Waals surface area contributed by atoms with Gasteiger partial charge in [0.1, 0.15) is 5.75 Å². The van der Waals surface area contributed by atoms with Crippen LogP contribution in [0.15, 0.2) is 48.5 Å². The second-order valence-electron chi connectivity index (χ2n) is 5.40. The molecule has 0 saturated heterocycles. The zero-order chi connectivity index (χ0) is 13.8. The number of fused-ring (bicyclic) bond motifs is 1. The van der Waals surface area contributed by atoms with Gasteiger partial charge in [-0.25, -0.2) is 0 Å². The molecule has 0 amide bonds. The van der Waals surface area contributed by atoms with E-state index in [9.17, 15) is 0 Å². The number of methoxy groups -OCH3 is 1. The molecule has 3 rings (SSSR count). The second kappa shape index (κ2) is 6.00. The summed E-state index contributed by atoms with van der Waals surface area (Å²) in [5.41, 5.74) is 4.18. The van der Waals surface area contributed by atoms with Gasteiger partial charge in [-0.15, -0.1) is 0 Å². The Hall–Kier alpha value is -1.96. The van der Waals surface area contributed by atoms with Gasteiger partial charge in [0.2, 0.25) is 0 Å². The molecule has 0 heterocycles. The van der Waals surface area contributed by atoms with Crippen LogP contribution in [0.2, 0.25) is 0 Å². The Labute approximate surface area is 120 Å². The molecule has 0 fully saturated rings. The Bertz CT molecular complexity index is 579. The van der Waals surface area contributed by atoms with Crippen molar-refractivity contribution in [1.82, 2.24) is 0 Å². The zero-order valence-corrected chi connectivity index (χ0v) is 11.9. The van der Waals surface area contributed by atoms with Crippen molar-refractivity contribution in [2.75, 3.05) is 19.0 Å². The molecule has 2 aromatic carbocycles. The molecule has 0 saturated carbocycles. The fourth-order valence-electron chi connectivity index (χ4n) is 3.04. The third-order valence-electron chi connectivity index (χ3n) is 4.12. The number of ether oxygens (including phenoxy) is 1. The molecule has 0 radical (unpaired) electrons. The fraction of sp³-hybridized carbons (Fsp3) is 0.333. The van der Waals surface area contributed by atoms with E-state index >= 15 is 0 Å². The summed E-state index contributed by atoms with van der Waals surface area (Å²) in [6.07, 6.45) is 3.79. The number of benzene rings is 2. The molecule has 2 aromatic rings. The third-order valence-corrected chi connectivity index (χ3v) is 4.12. The van der Waals surface area contributed by atoms with Gasteiger partial charge < -0.3 is 10.1 Å². The van der Waals surface area contributed by atoms with E-state index in [1.165, 1.54) is 30.4 Å². The van der Waals surface area contributed by atoms with Gasteiger partial charge in [-0.2, -0.15) is 0 Å². The summed E-state index contributed by atoms with van der Waals surface area (Å²) in [6, 6.07) is 17.0. The van der Waals surface area contributed by atoms with Gasteiger partial charge in [-0.3, -0.25) is 0 Å². The molecule has 2 heteroatoms. The molecule has 1 unspecified atom stereocenters. The van der Waals surface area contributed by atoms with Crippen LogP contribution in [0.3, 0.4) is 0 Å². The lowest BCUT2D eigenvalue weighted by Gasteiger charge is -2.26. The maximum atomic E-state index is 5.26. The molecule has 0 aliphatic heterocycles. The minimum Gasteiger partial charge on any atom is -0.497 e. The Morgan fingerprint density at radius 1 is 1.15 bits per heavy atom. The molecule has 104 valence electrons. The molecular formula is C18H21NO. The minimum atomic E-state index is 0.617. The van der Waals surface area contributed by atoms with Crippen LogP contribution >= 0.6 is 0 Å². The van der Waals surface area contributed by atoms with E-state index in [4.69, 9.17) is 4.74 Å². The van der Waals surface area contributed by atoms with Gasteiger partial charge in [-0.1, -0.05) is 30.3 Å². The maximum absolute atomic E-state index is 5.26. The summed E-state index contributed by atoms with van der Waals surface area (Å²) in [5.74, 6) is 1.52. The largest absolute Gasteiger partial charge is 0.497 e. The first-order chi connectivity index (χ1) is 9.86. The van der Waals surface area contributed by atoms with Gasteiger partial charge in [0.25, 0.3) is 0 Å². The topological polar surface area (TPSA) is 21.3 Å². The third kappa shape index (κ3) is 2.79. The zero-order valence-electron chi connectivity index (χ0n) is 11.9. The van der Waals surface area contributed by atoms with E-state index in [2.05, 4.69) is 41.7 Å². The van der Waals surface area contributed by atoms with Crippen LogP contribution in [0.4, 0.5) is 5.69 Å². The van der Waals surface area contributed by atoms with E-state index in [0.29, 0.717) is 5.92 Å². The van der Waals surface area contributed by atoms with Crippen molar-refractivity contribution in [3.05, 3.63) is 59.7 Å². The van der Waals surface area contributed by atoms with E-state index < -0.39 is 0 Å². The molecule has 1 atom stereocenters. The van der Waals surface area contributed by atoms with Crippen LogP contribution in [-0.4, -0.2) is 13.7 Å². The maximum Gasteiger partial charge on any atom is 0.120 e. The van der Waals surface area contributed by atoms with E-state index in [1.54, 1.807) is 7.11 Å². The monoisotopic (exact) mass is 267 g/mol. The van der Waals surface area contributed by atoms with Gasteiger partial charge in [0.15, 0.2) is 0 Å². The van der Waals surface area contributed by atoms with Crippen molar-refractivity contribution >= 4 is 5.69 Å². The predicted molar refractivity (Wildman–Crippen MR) is 83.6 cm³/mol. The molecule has 20 heavy (non-hydrogen) atoms. The highest BCUT2D eigenvalue weighted by Gasteiger charge is 2.19. The summed E-state index contributed by atoms with van der Waals surface area (Å²) in [6.45, 7) is 0.990. The molecule has 2 nitrogen and oxygen atoms in total. The average Bonchev–Trinajstić information content (AvgIpc) is 2.53.